The fourth-order valence-electron chi connectivity index (χ4n) is 3.09. The van der Waals surface area contributed by atoms with Gasteiger partial charge in [-0.05, 0) is 37.8 Å². The highest BCUT2D eigenvalue weighted by atomic mass is 16.3. The zero-order valence-corrected chi connectivity index (χ0v) is 12.3. The Labute approximate surface area is 126 Å². The lowest BCUT2D eigenvalue weighted by atomic mass is 9.93. The Morgan fingerprint density at radius 2 is 2.23 bits per heavy atom. The van der Waals surface area contributed by atoms with E-state index in [1.165, 1.54) is 11.9 Å². The molecule has 0 amide bonds. The van der Waals surface area contributed by atoms with Gasteiger partial charge in [0.2, 0.25) is 5.95 Å². The van der Waals surface area contributed by atoms with Crippen molar-refractivity contribution in [2.45, 2.75) is 32.6 Å². The van der Waals surface area contributed by atoms with Crippen LogP contribution >= 0.6 is 0 Å². The summed E-state index contributed by atoms with van der Waals surface area (Å²) in [5, 5.41) is 17.9. The fourth-order valence-corrected chi connectivity index (χ4v) is 3.09. The molecule has 2 aromatic heterocycles. The molecule has 0 saturated heterocycles. The molecule has 112 valence electrons. The van der Waals surface area contributed by atoms with Crippen LogP contribution in [0.5, 0.6) is 5.75 Å². The van der Waals surface area contributed by atoms with E-state index >= 15 is 0 Å². The van der Waals surface area contributed by atoms with Gasteiger partial charge >= 0.3 is 0 Å². The SMILES string of the molecule is Cc1cc2oc3c(c2c(/C=N/c2ncn[nH]2)c1O)CCCC3. The van der Waals surface area contributed by atoms with Crippen LogP contribution in [-0.4, -0.2) is 26.5 Å². The van der Waals surface area contributed by atoms with Crippen LogP contribution in [0.15, 0.2) is 21.8 Å². The number of aryl methyl sites for hydroxylation is 3. The molecule has 0 bridgehead atoms. The number of hydrogen-bond acceptors (Lipinski definition) is 5. The number of aliphatic imine (C=N–C) groups is 1. The molecule has 1 aliphatic rings. The van der Waals surface area contributed by atoms with Crippen LogP contribution < -0.4 is 0 Å². The van der Waals surface area contributed by atoms with Crippen LogP contribution in [0.3, 0.4) is 0 Å². The molecule has 6 nitrogen and oxygen atoms in total. The van der Waals surface area contributed by atoms with Crippen molar-refractivity contribution in [3.8, 4) is 5.75 Å². The van der Waals surface area contributed by atoms with E-state index in [9.17, 15) is 5.11 Å². The van der Waals surface area contributed by atoms with E-state index in [1.54, 1.807) is 6.21 Å². The molecule has 0 aliphatic heterocycles. The third-order valence-electron chi connectivity index (χ3n) is 4.16. The van der Waals surface area contributed by atoms with Gasteiger partial charge in [-0.25, -0.2) is 10.1 Å². The van der Waals surface area contributed by atoms with Gasteiger partial charge < -0.3 is 9.52 Å². The summed E-state index contributed by atoms with van der Waals surface area (Å²) in [6.45, 7) is 1.86. The minimum absolute atomic E-state index is 0.241. The first-order chi connectivity index (χ1) is 10.7. The van der Waals surface area contributed by atoms with Crippen LogP contribution in [0, 0.1) is 6.92 Å². The average molecular weight is 296 g/mol. The molecule has 0 radical (unpaired) electrons. The maximum atomic E-state index is 10.5. The van der Waals surface area contributed by atoms with E-state index in [1.807, 2.05) is 13.0 Å². The summed E-state index contributed by atoms with van der Waals surface area (Å²) in [4.78, 5) is 8.23. The summed E-state index contributed by atoms with van der Waals surface area (Å²) in [5.74, 6) is 1.69. The van der Waals surface area contributed by atoms with E-state index in [4.69, 9.17) is 4.42 Å². The van der Waals surface area contributed by atoms with Crippen LogP contribution in [0.25, 0.3) is 11.0 Å². The molecule has 1 aromatic carbocycles. The lowest BCUT2D eigenvalue weighted by Gasteiger charge is -2.10. The highest BCUT2D eigenvalue weighted by molar-refractivity contribution is 6.04. The molecule has 0 unspecified atom stereocenters. The number of benzene rings is 1. The van der Waals surface area contributed by atoms with Gasteiger partial charge in [0.25, 0.3) is 0 Å². The van der Waals surface area contributed by atoms with Gasteiger partial charge in [-0.2, -0.15) is 10.1 Å². The molecule has 3 aromatic rings. The van der Waals surface area contributed by atoms with Gasteiger partial charge in [-0.3, -0.25) is 0 Å². The van der Waals surface area contributed by atoms with Gasteiger partial charge in [-0.15, -0.1) is 0 Å². The van der Waals surface area contributed by atoms with E-state index in [0.29, 0.717) is 11.5 Å². The van der Waals surface area contributed by atoms with Crippen molar-refractivity contribution < 1.29 is 9.52 Å². The average Bonchev–Trinajstić information content (AvgIpc) is 3.15. The minimum atomic E-state index is 0.241. The number of fused-ring (bicyclic) bond motifs is 3. The van der Waals surface area contributed by atoms with Crippen molar-refractivity contribution in [3.63, 3.8) is 0 Å². The maximum Gasteiger partial charge on any atom is 0.245 e. The fraction of sp³-hybridized carbons (Fsp3) is 0.312. The molecule has 2 heterocycles. The molecule has 0 atom stereocenters. The second-order valence-electron chi connectivity index (χ2n) is 5.61. The second kappa shape index (κ2) is 4.98. The number of aromatic nitrogens is 3. The highest BCUT2D eigenvalue weighted by Crippen LogP contribution is 2.38. The number of furan rings is 1. The Hall–Kier alpha value is -2.63. The third-order valence-corrected chi connectivity index (χ3v) is 4.16. The first kappa shape index (κ1) is 13.1. The van der Waals surface area contributed by atoms with Gasteiger partial charge in [0.15, 0.2) is 0 Å². The first-order valence-corrected chi connectivity index (χ1v) is 7.40. The van der Waals surface area contributed by atoms with Crippen molar-refractivity contribution in [2.24, 2.45) is 4.99 Å². The summed E-state index contributed by atoms with van der Waals surface area (Å²) < 4.78 is 6.00. The number of hydrogen-bond donors (Lipinski definition) is 2. The van der Waals surface area contributed by atoms with Crippen molar-refractivity contribution in [3.05, 3.63) is 34.8 Å². The molecule has 0 saturated carbocycles. The van der Waals surface area contributed by atoms with Crippen LogP contribution in [0.4, 0.5) is 5.95 Å². The van der Waals surface area contributed by atoms with Gasteiger partial charge in [0.1, 0.15) is 23.4 Å². The summed E-state index contributed by atoms with van der Waals surface area (Å²) in [6, 6.07) is 1.90. The van der Waals surface area contributed by atoms with E-state index in [-0.39, 0.29) is 5.75 Å². The molecule has 4 rings (SSSR count). The van der Waals surface area contributed by atoms with Crippen LogP contribution in [0.1, 0.15) is 35.3 Å². The van der Waals surface area contributed by atoms with Crippen LogP contribution in [0.2, 0.25) is 0 Å². The predicted molar refractivity (Wildman–Crippen MR) is 82.9 cm³/mol. The quantitative estimate of drug-likeness (QED) is 0.711. The summed E-state index contributed by atoms with van der Waals surface area (Å²) in [7, 11) is 0. The Balaban J connectivity index is 1.94. The molecule has 1 aliphatic carbocycles. The lowest BCUT2D eigenvalue weighted by molar-refractivity contribution is 0.470. The third kappa shape index (κ3) is 1.99. The normalized spacial score (nSPS) is 14.8. The smallest absolute Gasteiger partial charge is 0.245 e. The number of nitrogens with zero attached hydrogens (tertiary/aromatic N) is 3. The molecule has 2 N–H and O–H groups in total. The monoisotopic (exact) mass is 296 g/mol. The number of phenolic OH excluding ortho intramolecular Hbond substituents is 1. The van der Waals surface area contributed by atoms with Crippen molar-refractivity contribution >= 4 is 23.1 Å². The minimum Gasteiger partial charge on any atom is -0.507 e. The second-order valence-corrected chi connectivity index (χ2v) is 5.61. The topological polar surface area (TPSA) is 87.3 Å². The largest absolute Gasteiger partial charge is 0.507 e. The Bertz CT molecular complexity index is 862. The Morgan fingerprint density at radius 3 is 3.05 bits per heavy atom. The summed E-state index contributed by atoms with van der Waals surface area (Å²) in [5.41, 5.74) is 3.49. The molecule has 0 fully saturated rings. The van der Waals surface area contributed by atoms with Crippen molar-refractivity contribution in [1.29, 1.82) is 0 Å². The standard InChI is InChI=1S/C16H16N4O2/c1-9-6-13-14(10-4-2-3-5-12(10)22-13)11(15(9)21)7-17-16-18-8-19-20-16/h6-8,21H,2-5H2,1H3,(H,18,19,20)/b17-7+. The summed E-state index contributed by atoms with van der Waals surface area (Å²) in [6.07, 6.45) is 7.28. The molecule has 0 spiro atoms. The molecular formula is C16H16N4O2. The number of H-pyrrole nitrogens is 1. The van der Waals surface area contributed by atoms with Crippen molar-refractivity contribution in [1.82, 2.24) is 15.2 Å². The zero-order chi connectivity index (χ0) is 15.1. The first-order valence-electron chi connectivity index (χ1n) is 7.40. The highest BCUT2D eigenvalue weighted by Gasteiger charge is 2.22. The lowest BCUT2D eigenvalue weighted by Crippen LogP contribution is -2.00. The van der Waals surface area contributed by atoms with Gasteiger partial charge in [0, 0.05) is 29.1 Å². The Morgan fingerprint density at radius 1 is 1.36 bits per heavy atom. The van der Waals surface area contributed by atoms with Crippen molar-refractivity contribution in [2.75, 3.05) is 0 Å². The molecular weight excluding hydrogens is 280 g/mol. The number of aromatic hydroxyl groups is 1. The Kier molecular flexibility index (Phi) is 2.96. The predicted octanol–water partition coefficient (Wildman–Crippen LogP) is 3.19. The summed E-state index contributed by atoms with van der Waals surface area (Å²) >= 11 is 0. The maximum absolute atomic E-state index is 10.5. The number of phenols is 1. The van der Waals surface area contributed by atoms with E-state index in [2.05, 4.69) is 20.2 Å². The zero-order valence-electron chi connectivity index (χ0n) is 12.3. The number of rotatable bonds is 2. The van der Waals surface area contributed by atoms with Gasteiger partial charge in [0.05, 0.1) is 0 Å². The molecule has 22 heavy (non-hydrogen) atoms. The molecule has 6 heteroatoms. The van der Waals surface area contributed by atoms with E-state index < -0.39 is 0 Å². The number of aromatic amines is 1. The van der Waals surface area contributed by atoms with Crippen LogP contribution in [-0.2, 0) is 12.8 Å². The van der Waals surface area contributed by atoms with Gasteiger partial charge in [-0.1, -0.05) is 0 Å². The van der Waals surface area contributed by atoms with E-state index in [0.717, 1.165) is 48.0 Å². The number of nitrogens with one attached hydrogen (secondary N) is 1.